The van der Waals surface area contributed by atoms with E-state index in [1.807, 2.05) is 30.3 Å². The van der Waals surface area contributed by atoms with Crippen LogP contribution in [0.2, 0.25) is 0 Å². The maximum Gasteiger partial charge on any atom is 0.248 e. The Labute approximate surface area is 139 Å². The zero-order chi connectivity index (χ0) is 17.2. The van der Waals surface area contributed by atoms with Gasteiger partial charge >= 0.3 is 0 Å². The highest BCUT2D eigenvalue weighted by atomic mass is 19.3. The lowest BCUT2D eigenvalue weighted by Crippen LogP contribution is -2.43. The number of alkyl halides is 2. The molecule has 0 amide bonds. The first-order valence-electron chi connectivity index (χ1n) is 8.01. The molecule has 0 atom stereocenters. The van der Waals surface area contributed by atoms with Gasteiger partial charge in [0, 0.05) is 18.4 Å². The average molecular weight is 335 g/mol. The van der Waals surface area contributed by atoms with E-state index < -0.39 is 17.3 Å². The summed E-state index contributed by atoms with van der Waals surface area (Å²) in [6.07, 6.45) is -0.248. The van der Waals surface area contributed by atoms with Crippen molar-refractivity contribution in [3.8, 4) is 5.75 Å². The molecule has 5 heteroatoms. The van der Waals surface area contributed by atoms with E-state index in [-0.39, 0.29) is 38.0 Å². The van der Waals surface area contributed by atoms with Gasteiger partial charge in [0.1, 0.15) is 6.61 Å². The van der Waals surface area contributed by atoms with Crippen LogP contribution in [0.4, 0.5) is 13.2 Å². The third-order valence-corrected chi connectivity index (χ3v) is 4.62. The molecule has 2 nitrogen and oxygen atoms in total. The minimum absolute atomic E-state index is 0.132. The predicted molar refractivity (Wildman–Crippen MR) is 86.5 cm³/mol. The molecule has 0 radical (unpaired) electrons. The topological polar surface area (TPSA) is 35.2 Å². The summed E-state index contributed by atoms with van der Waals surface area (Å²) in [5.74, 6) is -3.06. The molecule has 0 aliphatic heterocycles. The summed E-state index contributed by atoms with van der Waals surface area (Å²) in [5, 5.41) is 0. The Bertz CT molecular complexity index is 693. The van der Waals surface area contributed by atoms with Gasteiger partial charge in [-0.3, -0.25) is 0 Å². The van der Waals surface area contributed by atoms with Gasteiger partial charge < -0.3 is 10.5 Å². The second-order valence-electron chi connectivity index (χ2n) is 6.43. The van der Waals surface area contributed by atoms with E-state index >= 15 is 0 Å². The maximum atomic E-state index is 14.3. The van der Waals surface area contributed by atoms with Crippen molar-refractivity contribution < 1.29 is 17.9 Å². The Morgan fingerprint density at radius 2 is 1.62 bits per heavy atom. The van der Waals surface area contributed by atoms with Crippen LogP contribution in [0.3, 0.4) is 0 Å². The van der Waals surface area contributed by atoms with Crippen LogP contribution in [-0.4, -0.2) is 5.92 Å². The third kappa shape index (κ3) is 3.73. The number of rotatable bonds is 4. The van der Waals surface area contributed by atoms with Gasteiger partial charge in [-0.15, -0.1) is 0 Å². The molecular weight excluding hydrogens is 315 g/mol. The highest BCUT2D eigenvalue weighted by Gasteiger charge is 2.42. The monoisotopic (exact) mass is 335 g/mol. The standard InChI is InChI=1S/C19H20F3NO/c20-16-12-15(18(23)8-10-19(21,22)11-9-18)6-7-17(16)24-13-14-4-2-1-3-5-14/h1-7,12H,8-11,13,23H2. The van der Waals surface area contributed by atoms with Gasteiger partial charge in [-0.05, 0) is 36.1 Å². The lowest BCUT2D eigenvalue weighted by molar-refractivity contribution is -0.0514. The zero-order valence-corrected chi connectivity index (χ0v) is 13.3. The molecule has 1 aliphatic rings. The molecule has 2 aromatic carbocycles. The highest BCUT2D eigenvalue weighted by molar-refractivity contribution is 5.34. The molecule has 2 aromatic rings. The van der Waals surface area contributed by atoms with Gasteiger partial charge in [0.15, 0.2) is 11.6 Å². The van der Waals surface area contributed by atoms with Gasteiger partial charge in [0.2, 0.25) is 5.92 Å². The van der Waals surface area contributed by atoms with Gasteiger partial charge in [-0.2, -0.15) is 0 Å². The number of benzene rings is 2. The molecule has 0 aromatic heterocycles. The lowest BCUT2D eigenvalue weighted by atomic mass is 9.76. The van der Waals surface area contributed by atoms with Crippen LogP contribution in [-0.2, 0) is 12.1 Å². The first kappa shape index (κ1) is 16.8. The molecule has 0 heterocycles. The summed E-state index contributed by atoms with van der Waals surface area (Å²) < 4.78 is 46.4. The number of nitrogens with two attached hydrogens (primary N) is 1. The number of hydrogen-bond donors (Lipinski definition) is 1. The third-order valence-electron chi connectivity index (χ3n) is 4.62. The van der Waals surface area contributed by atoms with Gasteiger partial charge in [0.25, 0.3) is 0 Å². The largest absolute Gasteiger partial charge is 0.486 e. The summed E-state index contributed by atoms with van der Waals surface area (Å²) in [7, 11) is 0. The summed E-state index contributed by atoms with van der Waals surface area (Å²) in [6.45, 7) is 0.261. The van der Waals surface area contributed by atoms with E-state index in [1.54, 1.807) is 6.07 Å². The average Bonchev–Trinajstić information content (AvgIpc) is 2.58. The smallest absolute Gasteiger partial charge is 0.248 e. The van der Waals surface area contributed by atoms with E-state index in [1.165, 1.54) is 12.1 Å². The van der Waals surface area contributed by atoms with Crippen LogP contribution >= 0.6 is 0 Å². The fourth-order valence-corrected chi connectivity index (χ4v) is 3.01. The maximum absolute atomic E-state index is 14.3. The quantitative estimate of drug-likeness (QED) is 0.874. The molecule has 1 aliphatic carbocycles. The number of halogens is 3. The van der Waals surface area contributed by atoms with Crippen molar-refractivity contribution in [3.05, 3.63) is 65.5 Å². The predicted octanol–water partition coefficient (Wildman–Crippen LogP) is 4.77. The van der Waals surface area contributed by atoms with E-state index in [0.29, 0.717) is 5.56 Å². The number of hydrogen-bond acceptors (Lipinski definition) is 2. The van der Waals surface area contributed by atoms with Gasteiger partial charge in [-0.25, -0.2) is 13.2 Å². The van der Waals surface area contributed by atoms with E-state index in [2.05, 4.69) is 0 Å². The van der Waals surface area contributed by atoms with Crippen molar-refractivity contribution in [3.63, 3.8) is 0 Å². The Balaban J connectivity index is 1.70. The molecule has 0 bridgehead atoms. The summed E-state index contributed by atoms with van der Waals surface area (Å²) in [4.78, 5) is 0. The molecule has 1 saturated carbocycles. The summed E-state index contributed by atoms with van der Waals surface area (Å²) >= 11 is 0. The Morgan fingerprint density at radius 1 is 0.958 bits per heavy atom. The number of ether oxygens (including phenoxy) is 1. The summed E-state index contributed by atoms with van der Waals surface area (Å²) in [5.41, 5.74) is 6.82. The van der Waals surface area contributed by atoms with Crippen LogP contribution in [0.25, 0.3) is 0 Å². The minimum Gasteiger partial charge on any atom is -0.486 e. The SMILES string of the molecule is NC1(c2ccc(OCc3ccccc3)c(F)c2)CCC(F)(F)CC1. The molecular formula is C19H20F3NO. The lowest BCUT2D eigenvalue weighted by Gasteiger charge is -2.37. The minimum atomic E-state index is -2.67. The normalized spacial score (nSPS) is 19.0. The van der Waals surface area contributed by atoms with Crippen molar-refractivity contribution in [1.82, 2.24) is 0 Å². The van der Waals surface area contributed by atoms with Gasteiger partial charge in [-0.1, -0.05) is 36.4 Å². The molecule has 0 unspecified atom stereocenters. The Morgan fingerprint density at radius 3 is 2.25 bits per heavy atom. The van der Waals surface area contributed by atoms with Gasteiger partial charge in [0.05, 0.1) is 0 Å². The van der Waals surface area contributed by atoms with Crippen LogP contribution < -0.4 is 10.5 Å². The van der Waals surface area contributed by atoms with Crippen molar-refractivity contribution in [2.75, 3.05) is 0 Å². The second kappa shape index (κ2) is 6.48. The fourth-order valence-electron chi connectivity index (χ4n) is 3.01. The van der Waals surface area contributed by atoms with Crippen molar-refractivity contribution in [2.24, 2.45) is 5.73 Å². The van der Waals surface area contributed by atoms with Crippen molar-refractivity contribution in [2.45, 2.75) is 43.8 Å². The van der Waals surface area contributed by atoms with Crippen molar-refractivity contribution in [1.29, 1.82) is 0 Å². The van der Waals surface area contributed by atoms with Crippen LogP contribution in [0, 0.1) is 5.82 Å². The Kier molecular flexibility index (Phi) is 4.54. The molecule has 128 valence electrons. The summed E-state index contributed by atoms with van der Waals surface area (Å²) in [6, 6.07) is 14.0. The highest BCUT2D eigenvalue weighted by Crippen LogP contribution is 2.42. The molecule has 24 heavy (non-hydrogen) atoms. The molecule has 0 spiro atoms. The second-order valence-corrected chi connectivity index (χ2v) is 6.43. The Hall–Kier alpha value is -2.01. The van der Waals surface area contributed by atoms with E-state index in [4.69, 9.17) is 10.5 Å². The molecule has 0 saturated heterocycles. The van der Waals surface area contributed by atoms with E-state index in [0.717, 1.165) is 5.56 Å². The zero-order valence-electron chi connectivity index (χ0n) is 13.3. The first-order valence-corrected chi connectivity index (χ1v) is 8.01. The molecule has 3 rings (SSSR count). The van der Waals surface area contributed by atoms with E-state index in [9.17, 15) is 13.2 Å². The molecule has 1 fully saturated rings. The first-order chi connectivity index (χ1) is 11.4. The van der Waals surface area contributed by atoms with Crippen LogP contribution in [0.15, 0.2) is 48.5 Å². The fraction of sp³-hybridized carbons (Fsp3) is 0.368. The van der Waals surface area contributed by atoms with Crippen LogP contribution in [0.5, 0.6) is 5.75 Å². The van der Waals surface area contributed by atoms with Crippen LogP contribution in [0.1, 0.15) is 36.8 Å². The molecule has 2 N–H and O–H groups in total. The van der Waals surface area contributed by atoms with Crippen molar-refractivity contribution >= 4 is 0 Å².